The number of hydrazone groups is 1. The molecule has 0 aromatic heterocycles. The van der Waals surface area contributed by atoms with Gasteiger partial charge in [0.05, 0.1) is 16.8 Å². The average molecular weight is 464 g/mol. The normalized spacial score (nSPS) is 11.7. The first-order valence-corrected chi connectivity index (χ1v) is 12.2. The number of anilines is 1. The monoisotopic (exact) mass is 463 g/mol. The van der Waals surface area contributed by atoms with E-state index in [1.807, 2.05) is 50.2 Å². The van der Waals surface area contributed by atoms with E-state index in [4.69, 9.17) is 0 Å². The van der Waals surface area contributed by atoms with E-state index in [2.05, 4.69) is 24.4 Å². The first kappa shape index (κ1) is 24.2. The molecule has 3 rings (SSSR count). The quantitative estimate of drug-likeness (QED) is 0.386. The van der Waals surface area contributed by atoms with Crippen molar-refractivity contribution in [2.45, 2.75) is 38.5 Å². The van der Waals surface area contributed by atoms with Crippen LogP contribution in [0.5, 0.6) is 0 Å². The molecule has 0 aliphatic heterocycles. The maximum Gasteiger partial charge on any atom is 0.264 e. The summed E-state index contributed by atoms with van der Waals surface area (Å²) in [6, 6.07) is 21.4. The fraction of sp³-hybridized carbons (Fsp3) is 0.231. The number of rotatable bonds is 8. The van der Waals surface area contributed by atoms with E-state index < -0.39 is 22.5 Å². The van der Waals surface area contributed by atoms with E-state index in [0.717, 1.165) is 26.6 Å². The highest BCUT2D eigenvalue weighted by Gasteiger charge is 2.27. The Labute approximate surface area is 196 Å². The summed E-state index contributed by atoms with van der Waals surface area (Å²) < 4.78 is 28.0. The number of amides is 1. The van der Waals surface area contributed by atoms with Gasteiger partial charge >= 0.3 is 0 Å². The molecule has 0 saturated heterocycles. The van der Waals surface area contributed by atoms with Crippen LogP contribution in [0.15, 0.2) is 82.8 Å². The van der Waals surface area contributed by atoms with Gasteiger partial charge < -0.3 is 0 Å². The molecule has 7 heteroatoms. The second-order valence-electron chi connectivity index (χ2n) is 8.27. The molecule has 0 bridgehead atoms. The van der Waals surface area contributed by atoms with Gasteiger partial charge in [-0.15, -0.1) is 0 Å². The van der Waals surface area contributed by atoms with Crippen molar-refractivity contribution >= 4 is 27.8 Å². The topological polar surface area (TPSA) is 78.8 Å². The number of nitrogens with one attached hydrogen (secondary N) is 1. The molecule has 0 spiro atoms. The highest BCUT2D eigenvalue weighted by molar-refractivity contribution is 7.92. The van der Waals surface area contributed by atoms with Crippen molar-refractivity contribution in [1.82, 2.24) is 5.43 Å². The minimum absolute atomic E-state index is 0.122. The highest BCUT2D eigenvalue weighted by Crippen LogP contribution is 2.26. The Morgan fingerprint density at radius 3 is 2.00 bits per heavy atom. The smallest absolute Gasteiger partial charge is 0.264 e. The van der Waals surface area contributed by atoms with Gasteiger partial charge in [0, 0.05) is 0 Å². The van der Waals surface area contributed by atoms with Crippen molar-refractivity contribution in [2.24, 2.45) is 5.10 Å². The van der Waals surface area contributed by atoms with E-state index in [1.54, 1.807) is 36.4 Å². The van der Waals surface area contributed by atoms with Gasteiger partial charge in [-0.3, -0.25) is 9.10 Å². The lowest BCUT2D eigenvalue weighted by Gasteiger charge is -2.24. The van der Waals surface area contributed by atoms with Crippen LogP contribution in [0, 0.1) is 13.8 Å². The highest BCUT2D eigenvalue weighted by atomic mass is 32.2. The summed E-state index contributed by atoms with van der Waals surface area (Å²) >= 11 is 0. The molecule has 6 nitrogen and oxygen atoms in total. The van der Waals surface area contributed by atoms with E-state index in [1.165, 1.54) is 6.21 Å². The number of benzene rings is 3. The molecular formula is C26H29N3O3S. The molecule has 33 heavy (non-hydrogen) atoms. The van der Waals surface area contributed by atoms with E-state index in [-0.39, 0.29) is 4.90 Å². The van der Waals surface area contributed by atoms with Crippen molar-refractivity contribution in [3.63, 3.8) is 0 Å². The van der Waals surface area contributed by atoms with Crippen LogP contribution in [0.3, 0.4) is 0 Å². The van der Waals surface area contributed by atoms with Gasteiger partial charge in [0.2, 0.25) is 0 Å². The Bertz CT molecular complexity index is 1220. The Morgan fingerprint density at radius 2 is 1.45 bits per heavy atom. The van der Waals surface area contributed by atoms with Crippen LogP contribution in [0.4, 0.5) is 5.69 Å². The van der Waals surface area contributed by atoms with Gasteiger partial charge in [-0.25, -0.2) is 13.8 Å². The Hall–Kier alpha value is -3.45. The number of sulfonamides is 1. The SMILES string of the molecule is Cc1ccc(/C=N\NC(=O)CN(c2ccc(C(C)C)cc2)S(=O)(=O)c2ccc(C)cc2)cc1. The molecule has 0 saturated carbocycles. The average Bonchev–Trinajstić information content (AvgIpc) is 2.79. The molecule has 0 aliphatic rings. The maximum absolute atomic E-state index is 13.4. The Kier molecular flexibility index (Phi) is 7.66. The minimum Gasteiger partial charge on any atom is -0.271 e. The van der Waals surface area contributed by atoms with Crippen LogP contribution in [0.1, 0.15) is 42.0 Å². The third kappa shape index (κ3) is 6.29. The summed E-state index contributed by atoms with van der Waals surface area (Å²) in [5.41, 5.74) is 6.83. The third-order valence-corrected chi connectivity index (χ3v) is 7.01. The summed E-state index contributed by atoms with van der Waals surface area (Å²) in [5.74, 6) is -0.234. The molecule has 1 amide bonds. The van der Waals surface area contributed by atoms with Crippen LogP contribution in [0.2, 0.25) is 0 Å². The van der Waals surface area contributed by atoms with Crippen molar-refractivity contribution in [3.8, 4) is 0 Å². The first-order chi connectivity index (χ1) is 15.7. The number of hydrogen-bond acceptors (Lipinski definition) is 4. The molecule has 3 aromatic rings. The van der Waals surface area contributed by atoms with Crippen molar-refractivity contribution in [2.75, 3.05) is 10.8 Å². The van der Waals surface area contributed by atoms with Crippen molar-refractivity contribution < 1.29 is 13.2 Å². The second kappa shape index (κ2) is 10.4. The lowest BCUT2D eigenvalue weighted by molar-refractivity contribution is -0.119. The molecule has 0 fully saturated rings. The summed E-state index contributed by atoms with van der Waals surface area (Å²) in [6.45, 7) is 7.60. The lowest BCUT2D eigenvalue weighted by Crippen LogP contribution is -2.39. The van der Waals surface area contributed by atoms with Crippen LogP contribution in [-0.2, 0) is 14.8 Å². The summed E-state index contributed by atoms with van der Waals surface area (Å²) in [5, 5.41) is 3.98. The van der Waals surface area contributed by atoms with E-state index >= 15 is 0 Å². The zero-order valence-electron chi connectivity index (χ0n) is 19.3. The van der Waals surface area contributed by atoms with Gasteiger partial charge in [0.1, 0.15) is 6.54 Å². The first-order valence-electron chi connectivity index (χ1n) is 10.7. The van der Waals surface area contributed by atoms with Crippen LogP contribution >= 0.6 is 0 Å². The number of carbonyl (C=O) groups is 1. The molecule has 1 N–H and O–H groups in total. The Morgan fingerprint density at radius 1 is 0.909 bits per heavy atom. The molecule has 172 valence electrons. The van der Waals surface area contributed by atoms with Crippen molar-refractivity contribution in [3.05, 3.63) is 95.1 Å². The number of carbonyl (C=O) groups excluding carboxylic acids is 1. The number of hydrogen-bond donors (Lipinski definition) is 1. The summed E-state index contributed by atoms with van der Waals surface area (Å²) in [6.07, 6.45) is 1.52. The summed E-state index contributed by atoms with van der Waals surface area (Å²) in [4.78, 5) is 12.8. The van der Waals surface area contributed by atoms with Gasteiger partial charge in [-0.2, -0.15) is 5.10 Å². The molecule has 0 unspecified atom stereocenters. The molecule has 0 heterocycles. The molecule has 0 atom stereocenters. The number of nitrogens with zero attached hydrogens (tertiary/aromatic N) is 2. The van der Waals surface area contributed by atoms with Crippen molar-refractivity contribution in [1.29, 1.82) is 0 Å². The van der Waals surface area contributed by atoms with E-state index in [0.29, 0.717) is 11.6 Å². The number of aryl methyl sites for hydroxylation is 2. The zero-order chi connectivity index (χ0) is 24.0. The fourth-order valence-corrected chi connectivity index (χ4v) is 4.60. The van der Waals surface area contributed by atoms with Crippen LogP contribution in [-0.4, -0.2) is 27.1 Å². The standard InChI is InChI=1S/C26H29N3O3S/c1-19(2)23-11-13-24(14-12-23)29(33(31,32)25-15-7-21(4)8-16-25)18-26(30)28-27-17-22-9-5-20(3)6-10-22/h5-17,19H,18H2,1-4H3,(H,28,30)/b27-17-. The molecule has 3 aromatic carbocycles. The maximum atomic E-state index is 13.4. The predicted octanol–water partition coefficient (Wildman–Crippen LogP) is 4.77. The predicted molar refractivity (Wildman–Crippen MR) is 133 cm³/mol. The lowest BCUT2D eigenvalue weighted by atomic mass is 10.0. The van der Waals surface area contributed by atoms with Gasteiger partial charge in [0.25, 0.3) is 15.9 Å². The minimum atomic E-state index is -3.96. The molecule has 0 aliphatic carbocycles. The third-order valence-electron chi connectivity index (χ3n) is 5.22. The Balaban J connectivity index is 1.85. The fourth-order valence-electron chi connectivity index (χ4n) is 3.18. The summed E-state index contributed by atoms with van der Waals surface area (Å²) in [7, 11) is -3.96. The largest absolute Gasteiger partial charge is 0.271 e. The van der Waals surface area contributed by atoms with Gasteiger partial charge in [0.15, 0.2) is 0 Å². The van der Waals surface area contributed by atoms with Crippen LogP contribution < -0.4 is 9.73 Å². The van der Waals surface area contributed by atoms with E-state index in [9.17, 15) is 13.2 Å². The zero-order valence-corrected chi connectivity index (χ0v) is 20.1. The van der Waals surface area contributed by atoms with Crippen LogP contribution in [0.25, 0.3) is 0 Å². The van der Waals surface area contributed by atoms with Gasteiger partial charge in [-0.1, -0.05) is 73.5 Å². The second-order valence-corrected chi connectivity index (χ2v) is 10.1. The molecular weight excluding hydrogens is 434 g/mol. The van der Waals surface area contributed by atoms with Gasteiger partial charge in [-0.05, 0) is 55.2 Å². The molecule has 0 radical (unpaired) electrons.